The zero-order valence-corrected chi connectivity index (χ0v) is 12.4. The molecule has 114 valence electrons. The number of para-hydroxylation sites is 1. The molecule has 0 aliphatic rings. The Hall–Kier alpha value is -2.82. The molecular weight excluding hydrogens is 278 g/mol. The molecule has 0 saturated carbocycles. The van der Waals surface area contributed by atoms with Crippen LogP contribution in [0, 0.1) is 0 Å². The van der Waals surface area contributed by atoms with Crippen molar-refractivity contribution >= 4 is 23.3 Å². The van der Waals surface area contributed by atoms with Gasteiger partial charge in [-0.05, 0) is 36.2 Å². The normalized spacial score (nSPS) is 9.86. The first-order chi connectivity index (χ1) is 10.7. The van der Waals surface area contributed by atoms with Gasteiger partial charge in [0.25, 0.3) is 0 Å². The number of nitrogens with one attached hydrogen (secondary N) is 3. The average molecular weight is 297 g/mol. The van der Waals surface area contributed by atoms with Gasteiger partial charge in [-0.3, -0.25) is 10.1 Å². The third-order valence-electron chi connectivity index (χ3n) is 3.10. The summed E-state index contributed by atoms with van der Waals surface area (Å²) in [6.07, 6.45) is 0.973. The summed E-state index contributed by atoms with van der Waals surface area (Å²) in [7, 11) is 0. The molecule has 22 heavy (non-hydrogen) atoms. The Morgan fingerprint density at radius 3 is 2.23 bits per heavy atom. The highest BCUT2D eigenvalue weighted by Crippen LogP contribution is 2.09. The Labute approximate surface area is 129 Å². The molecule has 0 unspecified atom stereocenters. The number of carbonyl (C=O) groups is 2. The molecule has 0 aliphatic carbocycles. The molecule has 3 N–H and O–H groups in total. The minimum Gasteiger partial charge on any atom is -0.376 e. The van der Waals surface area contributed by atoms with Crippen LogP contribution in [0.2, 0.25) is 0 Å². The number of benzene rings is 2. The summed E-state index contributed by atoms with van der Waals surface area (Å²) in [5.74, 6) is -0.395. The molecule has 0 saturated heterocycles. The summed E-state index contributed by atoms with van der Waals surface area (Å²) in [6, 6.07) is 16.2. The average Bonchev–Trinajstić information content (AvgIpc) is 2.54. The van der Waals surface area contributed by atoms with Crippen LogP contribution in [0.3, 0.4) is 0 Å². The number of anilines is 2. The summed E-state index contributed by atoms with van der Waals surface area (Å²) in [4.78, 5) is 23.4. The SMILES string of the molecule is CCc1ccc(NCC(=O)NC(=O)Nc2ccccc2)cc1. The van der Waals surface area contributed by atoms with E-state index in [0.717, 1.165) is 12.1 Å². The van der Waals surface area contributed by atoms with Crippen molar-refractivity contribution in [1.29, 1.82) is 0 Å². The van der Waals surface area contributed by atoms with E-state index in [4.69, 9.17) is 0 Å². The summed E-state index contributed by atoms with van der Waals surface area (Å²) in [5.41, 5.74) is 2.71. The summed E-state index contributed by atoms with van der Waals surface area (Å²) in [5, 5.41) is 7.83. The van der Waals surface area contributed by atoms with Gasteiger partial charge in [0.1, 0.15) is 0 Å². The zero-order valence-electron chi connectivity index (χ0n) is 12.4. The van der Waals surface area contributed by atoms with Crippen LogP contribution in [-0.4, -0.2) is 18.5 Å². The van der Waals surface area contributed by atoms with Crippen molar-refractivity contribution in [2.75, 3.05) is 17.2 Å². The van der Waals surface area contributed by atoms with Gasteiger partial charge in [0.2, 0.25) is 5.91 Å². The number of aryl methyl sites for hydroxylation is 1. The lowest BCUT2D eigenvalue weighted by Gasteiger charge is -2.08. The Kier molecular flexibility index (Phi) is 5.54. The predicted molar refractivity (Wildman–Crippen MR) is 87.9 cm³/mol. The number of rotatable bonds is 5. The molecule has 0 fully saturated rings. The van der Waals surface area contributed by atoms with E-state index in [1.54, 1.807) is 24.3 Å². The summed E-state index contributed by atoms with van der Waals surface area (Å²) in [6.45, 7) is 2.12. The third kappa shape index (κ3) is 4.94. The number of amides is 3. The molecule has 2 aromatic rings. The van der Waals surface area contributed by atoms with Crippen molar-refractivity contribution in [2.24, 2.45) is 0 Å². The number of urea groups is 1. The first-order valence-electron chi connectivity index (χ1n) is 7.16. The van der Waals surface area contributed by atoms with Crippen molar-refractivity contribution in [2.45, 2.75) is 13.3 Å². The standard InChI is InChI=1S/C17H19N3O2/c1-2-13-8-10-14(11-9-13)18-12-16(21)20-17(22)19-15-6-4-3-5-7-15/h3-11,18H,2,12H2,1H3,(H2,19,20,21,22). The van der Waals surface area contributed by atoms with Crippen molar-refractivity contribution in [3.8, 4) is 0 Å². The van der Waals surface area contributed by atoms with Crippen molar-refractivity contribution in [1.82, 2.24) is 5.32 Å². The molecule has 2 aromatic carbocycles. The molecule has 0 aromatic heterocycles. The Morgan fingerprint density at radius 1 is 0.909 bits per heavy atom. The molecular formula is C17H19N3O2. The molecule has 0 heterocycles. The molecule has 0 radical (unpaired) electrons. The Bertz CT molecular complexity index is 624. The first kappa shape index (κ1) is 15.6. The van der Waals surface area contributed by atoms with Crippen LogP contribution < -0.4 is 16.0 Å². The second-order valence-corrected chi connectivity index (χ2v) is 4.77. The maximum absolute atomic E-state index is 11.7. The van der Waals surface area contributed by atoms with Crippen LogP contribution in [0.15, 0.2) is 54.6 Å². The van der Waals surface area contributed by atoms with Crippen molar-refractivity contribution < 1.29 is 9.59 Å². The Balaban J connectivity index is 1.76. The van der Waals surface area contributed by atoms with Crippen LogP contribution in [0.5, 0.6) is 0 Å². The van der Waals surface area contributed by atoms with Gasteiger partial charge >= 0.3 is 6.03 Å². The Morgan fingerprint density at radius 2 is 1.59 bits per heavy atom. The largest absolute Gasteiger partial charge is 0.376 e. The van der Waals surface area contributed by atoms with Crippen LogP contribution in [0.1, 0.15) is 12.5 Å². The fourth-order valence-corrected chi connectivity index (χ4v) is 1.90. The van der Waals surface area contributed by atoms with E-state index in [0.29, 0.717) is 5.69 Å². The lowest BCUT2D eigenvalue weighted by atomic mass is 10.1. The lowest BCUT2D eigenvalue weighted by molar-refractivity contribution is -0.118. The summed E-state index contributed by atoms with van der Waals surface area (Å²) >= 11 is 0. The quantitative estimate of drug-likeness (QED) is 0.794. The van der Waals surface area contributed by atoms with E-state index in [-0.39, 0.29) is 6.54 Å². The van der Waals surface area contributed by atoms with Crippen LogP contribution in [-0.2, 0) is 11.2 Å². The second kappa shape index (κ2) is 7.83. The highest BCUT2D eigenvalue weighted by molar-refractivity contribution is 6.02. The van der Waals surface area contributed by atoms with E-state index >= 15 is 0 Å². The second-order valence-electron chi connectivity index (χ2n) is 4.77. The first-order valence-corrected chi connectivity index (χ1v) is 7.16. The summed E-state index contributed by atoms with van der Waals surface area (Å²) < 4.78 is 0. The van der Waals surface area contributed by atoms with Gasteiger partial charge in [0, 0.05) is 11.4 Å². The highest BCUT2D eigenvalue weighted by Gasteiger charge is 2.07. The smallest absolute Gasteiger partial charge is 0.325 e. The van der Waals surface area contributed by atoms with E-state index in [9.17, 15) is 9.59 Å². The van der Waals surface area contributed by atoms with Gasteiger partial charge in [-0.1, -0.05) is 37.3 Å². The van der Waals surface area contributed by atoms with Crippen molar-refractivity contribution in [3.05, 3.63) is 60.2 Å². The molecule has 0 spiro atoms. The third-order valence-corrected chi connectivity index (χ3v) is 3.10. The van der Waals surface area contributed by atoms with Gasteiger partial charge in [0.05, 0.1) is 6.54 Å². The van der Waals surface area contributed by atoms with E-state index < -0.39 is 11.9 Å². The molecule has 0 bridgehead atoms. The van der Waals surface area contributed by atoms with Gasteiger partial charge < -0.3 is 10.6 Å². The van der Waals surface area contributed by atoms with Crippen LogP contribution in [0.4, 0.5) is 16.2 Å². The topological polar surface area (TPSA) is 70.2 Å². The minimum absolute atomic E-state index is 0.0354. The fraction of sp³-hybridized carbons (Fsp3) is 0.176. The maximum Gasteiger partial charge on any atom is 0.325 e. The predicted octanol–water partition coefficient (Wildman–Crippen LogP) is 3.01. The van der Waals surface area contributed by atoms with Gasteiger partial charge in [-0.15, -0.1) is 0 Å². The number of hydrogen-bond donors (Lipinski definition) is 3. The molecule has 0 atom stereocenters. The van der Waals surface area contributed by atoms with E-state index in [1.807, 2.05) is 30.3 Å². The fourth-order valence-electron chi connectivity index (χ4n) is 1.90. The zero-order chi connectivity index (χ0) is 15.8. The molecule has 5 nitrogen and oxygen atoms in total. The van der Waals surface area contributed by atoms with Gasteiger partial charge in [0.15, 0.2) is 0 Å². The van der Waals surface area contributed by atoms with E-state index in [2.05, 4.69) is 22.9 Å². The van der Waals surface area contributed by atoms with Crippen LogP contribution >= 0.6 is 0 Å². The molecule has 2 rings (SSSR count). The van der Waals surface area contributed by atoms with Crippen molar-refractivity contribution in [3.63, 3.8) is 0 Å². The maximum atomic E-state index is 11.7. The number of hydrogen-bond acceptors (Lipinski definition) is 3. The van der Waals surface area contributed by atoms with Gasteiger partial charge in [-0.2, -0.15) is 0 Å². The number of carbonyl (C=O) groups excluding carboxylic acids is 2. The highest BCUT2D eigenvalue weighted by atomic mass is 16.2. The number of imide groups is 1. The molecule has 3 amide bonds. The molecule has 5 heteroatoms. The van der Waals surface area contributed by atoms with Gasteiger partial charge in [-0.25, -0.2) is 4.79 Å². The minimum atomic E-state index is -0.542. The monoisotopic (exact) mass is 297 g/mol. The molecule has 0 aliphatic heterocycles. The van der Waals surface area contributed by atoms with E-state index in [1.165, 1.54) is 5.56 Å². The lowest BCUT2D eigenvalue weighted by Crippen LogP contribution is -2.37. The van der Waals surface area contributed by atoms with Crippen LogP contribution in [0.25, 0.3) is 0 Å².